The highest BCUT2D eigenvalue weighted by Gasteiger charge is 2.45. The Balaban J connectivity index is 1.63. The van der Waals surface area contributed by atoms with E-state index in [1.807, 2.05) is 31.0 Å². The Hall–Kier alpha value is -3.39. The number of benzene rings is 2. The van der Waals surface area contributed by atoms with Crippen LogP contribution < -0.4 is 4.74 Å². The van der Waals surface area contributed by atoms with Crippen LogP contribution in [0.3, 0.4) is 0 Å². The van der Waals surface area contributed by atoms with Crippen molar-refractivity contribution in [1.29, 1.82) is 0 Å². The molecule has 1 aliphatic rings. The molecule has 3 heterocycles. The summed E-state index contributed by atoms with van der Waals surface area (Å²) in [5, 5.41) is 9.15. The Labute approximate surface area is 196 Å². The van der Waals surface area contributed by atoms with E-state index in [2.05, 4.69) is 21.7 Å². The van der Waals surface area contributed by atoms with Crippen molar-refractivity contribution in [3.8, 4) is 11.4 Å². The van der Waals surface area contributed by atoms with E-state index >= 15 is 0 Å². The Kier molecular flexibility index (Phi) is 5.12. The highest BCUT2D eigenvalue weighted by atomic mass is 35.5. The van der Waals surface area contributed by atoms with E-state index in [4.69, 9.17) is 21.3 Å². The van der Waals surface area contributed by atoms with Gasteiger partial charge in [-0.15, -0.1) is 0 Å². The number of likely N-dealkylation sites (tertiary alicyclic amines) is 1. The Morgan fingerprint density at radius 2 is 1.94 bits per heavy atom. The molecule has 0 unspecified atom stereocenters. The summed E-state index contributed by atoms with van der Waals surface area (Å²) in [6.07, 6.45) is 4.86. The summed E-state index contributed by atoms with van der Waals surface area (Å²) in [5.41, 5.74) is 3.31. The molecule has 4 aromatic rings. The van der Waals surface area contributed by atoms with Gasteiger partial charge in [0.1, 0.15) is 11.6 Å². The number of imidazole rings is 1. The first-order chi connectivity index (χ1) is 15.8. The maximum absolute atomic E-state index is 14.0. The van der Waals surface area contributed by atoms with Crippen LogP contribution in [0.2, 0.25) is 5.02 Å². The lowest BCUT2D eigenvalue weighted by Gasteiger charge is -2.35. The number of methoxy groups -OCH3 is 1. The van der Waals surface area contributed by atoms with E-state index < -0.39 is 5.54 Å². The molecule has 170 valence electrons. The minimum absolute atomic E-state index is 0.108. The third kappa shape index (κ3) is 3.28. The van der Waals surface area contributed by atoms with Gasteiger partial charge in [0, 0.05) is 18.6 Å². The van der Waals surface area contributed by atoms with Crippen LogP contribution in [0.4, 0.5) is 0 Å². The molecule has 0 aliphatic carbocycles. The summed E-state index contributed by atoms with van der Waals surface area (Å²) >= 11 is 6.36. The molecule has 2 aromatic carbocycles. The van der Waals surface area contributed by atoms with Crippen LogP contribution in [-0.2, 0) is 12.6 Å². The Morgan fingerprint density at radius 1 is 1.18 bits per heavy atom. The van der Waals surface area contributed by atoms with Crippen molar-refractivity contribution < 1.29 is 9.53 Å². The standard InChI is InChI=1S/C24H25ClN6O2/c1-15-18(25)7-9-20-21(15)28-23(29(20)3)24(2)10-5-13-30(24)22(32)17-14-16(33-4)6-8-19(17)31-26-11-12-27-31/h6-9,11-12,14H,5,10,13H2,1-4H3/t24-/m0/s1. The van der Waals surface area contributed by atoms with Gasteiger partial charge in [0.05, 0.1) is 47.3 Å². The minimum Gasteiger partial charge on any atom is -0.497 e. The molecule has 33 heavy (non-hydrogen) atoms. The van der Waals surface area contributed by atoms with Gasteiger partial charge < -0.3 is 14.2 Å². The number of rotatable bonds is 4. The lowest BCUT2D eigenvalue weighted by Crippen LogP contribution is -2.44. The highest BCUT2D eigenvalue weighted by Crippen LogP contribution is 2.41. The number of amides is 1. The maximum atomic E-state index is 14.0. The fraction of sp³-hybridized carbons (Fsp3) is 0.333. The van der Waals surface area contributed by atoms with Crippen LogP contribution in [0.5, 0.6) is 5.75 Å². The summed E-state index contributed by atoms with van der Waals surface area (Å²) in [6, 6.07) is 9.23. The van der Waals surface area contributed by atoms with Gasteiger partial charge in [-0.1, -0.05) is 11.6 Å². The predicted molar refractivity (Wildman–Crippen MR) is 126 cm³/mol. The molecule has 1 atom stereocenters. The van der Waals surface area contributed by atoms with Crippen molar-refractivity contribution in [2.75, 3.05) is 13.7 Å². The molecule has 9 heteroatoms. The van der Waals surface area contributed by atoms with Crippen molar-refractivity contribution in [1.82, 2.24) is 29.4 Å². The number of carbonyl (C=O) groups excluding carboxylic acids is 1. The van der Waals surface area contributed by atoms with Gasteiger partial charge in [-0.3, -0.25) is 4.79 Å². The molecule has 1 aliphatic heterocycles. The van der Waals surface area contributed by atoms with E-state index in [-0.39, 0.29) is 5.91 Å². The van der Waals surface area contributed by atoms with E-state index in [1.54, 1.807) is 37.7 Å². The van der Waals surface area contributed by atoms with Gasteiger partial charge in [-0.2, -0.15) is 15.0 Å². The van der Waals surface area contributed by atoms with Gasteiger partial charge in [-0.05, 0) is 62.6 Å². The quantitative estimate of drug-likeness (QED) is 0.450. The van der Waals surface area contributed by atoms with E-state index in [0.717, 1.165) is 35.3 Å². The fourth-order valence-electron chi connectivity index (χ4n) is 4.84. The number of hydrogen-bond acceptors (Lipinski definition) is 5. The van der Waals surface area contributed by atoms with Crippen molar-refractivity contribution in [2.24, 2.45) is 7.05 Å². The number of aryl methyl sites for hydroxylation is 2. The first-order valence-electron chi connectivity index (χ1n) is 10.8. The number of carbonyl (C=O) groups is 1. The summed E-state index contributed by atoms with van der Waals surface area (Å²) < 4.78 is 7.49. The number of halogens is 1. The SMILES string of the molecule is COc1ccc(-n2nccn2)c(C(=O)N2CCC[C@@]2(C)c2nc3c(C)c(Cl)ccc3n2C)c1. The normalized spacial score (nSPS) is 18.3. The number of ether oxygens (including phenoxy) is 1. The van der Waals surface area contributed by atoms with Gasteiger partial charge in [0.15, 0.2) is 0 Å². The largest absolute Gasteiger partial charge is 0.497 e. The lowest BCUT2D eigenvalue weighted by molar-refractivity contribution is 0.0599. The fourth-order valence-corrected chi connectivity index (χ4v) is 5.00. The van der Waals surface area contributed by atoms with E-state index in [1.165, 1.54) is 4.80 Å². The van der Waals surface area contributed by atoms with Gasteiger partial charge in [-0.25, -0.2) is 4.98 Å². The average molecular weight is 465 g/mol. The molecule has 0 N–H and O–H groups in total. The van der Waals surface area contributed by atoms with Crippen molar-refractivity contribution in [2.45, 2.75) is 32.2 Å². The molecule has 1 fully saturated rings. The molecule has 1 saturated heterocycles. The third-order valence-corrected chi connectivity index (χ3v) is 7.09. The van der Waals surface area contributed by atoms with Crippen LogP contribution >= 0.6 is 11.6 Å². The maximum Gasteiger partial charge on any atom is 0.257 e. The molecule has 0 saturated carbocycles. The Morgan fingerprint density at radius 3 is 2.67 bits per heavy atom. The van der Waals surface area contributed by atoms with Gasteiger partial charge in [0.2, 0.25) is 0 Å². The van der Waals surface area contributed by atoms with Crippen molar-refractivity contribution in [3.63, 3.8) is 0 Å². The molecule has 0 bridgehead atoms. The van der Waals surface area contributed by atoms with E-state index in [0.29, 0.717) is 28.6 Å². The number of aromatic nitrogens is 5. The smallest absolute Gasteiger partial charge is 0.257 e. The number of fused-ring (bicyclic) bond motifs is 1. The van der Waals surface area contributed by atoms with Crippen LogP contribution in [0, 0.1) is 6.92 Å². The zero-order valence-electron chi connectivity index (χ0n) is 19.0. The van der Waals surface area contributed by atoms with Gasteiger partial charge in [0.25, 0.3) is 5.91 Å². The first kappa shape index (κ1) is 21.5. The Bertz CT molecular complexity index is 1360. The summed E-state index contributed by atoms with van der Waals surface area (Å²) in [7, 11) is 3.58. The average Bonchev–Trinajstić information content (AvgIpc) is 3.55. The second-order valence-electron chi connectivity index (χ2n) is 8.57. The van der Waals surface area contributed by atoms with Crippen molar-refractivity contribution in [3.05, 3.63) is 64.7 Å². The second-order valence-corrected chi connectivity index (χ2v) is 8.98. The first-order valence-corrected chi connectivity index (χ1v) is 11.2. The molecule has 5 rings (SSSR count). The molecular weight excluding hydrogens is 440 g/mol. The van der Waals surface area contributed by atoms with Crippen LogP contribution in [0.25, 0.3) is 16.7 Å². The zero-order chi connectivity index (χ0) is 23.3. The summed E-state index contributed by atoms with van der Waals surface area (Å²) in [6.45, 7) is 4.68. The van der Waals surface area contributed by atoms with Gasteiger partial charge >= 0.3 is 0 Å². The third-order valence-electron chi connectivity index (χ3n) is 6.68. The van der Waals surface area contributed by atoms with E-state index in [9.17, 15) is 4.79 Å². The summed E-state index contributed by atoms with van der Waals surface area (Å²) in [4.78, 5) is 22.4. The molecule has 0 radical (unpaired) electrons. The van der Waals surface area contributed by atoms with Crippen LogP contribution in [0.15, 0.2) is 42.7 Å². The monoisotopic (exact) mass is 464 g/mol. The molecule has 8 nitrogen and oxygen atoms in total. The van der Waals surface area contributed by atoms with Crippen LogP contribution in [-0.4, -0.2) is 49.0 Å². The zero-order valence-corrected chi connectivity index (χ0v) is 19.8. The second kappa shape index (κ2) is 7.88. The lowest BCUT2D eigenvalue weighted by atomic mass is 9.96. The molecule has 1 amide bonds. The topological polar surface area (TPSA) is 78.1 Å². The molecular formula is C24H25ClN6O2. The number of nitrogens with zero attached hydrogens (tertiary/aromatic N) is 6. The predicted octanol–water partition coefficient (Wildman–Crippen LogP) is 4.28. The van der Waals surface area contributed by atoms with Crippen molar-refractivity contribution >= 4 is 28.5 Å². The highest BCUT2D eigenvalue weighted by molar-refractivity contribution is 6.32. The minimum atomic E-state index is -0.582. The van der Waals surface area contributed by atoms with Crippen LogP contribution in [0.1, 0.15) is 41.5 Å². The molecule has 2 aromatic heterocycles. The summed E-state index contributed by atoms with van der Waals surface area (Å²) in [5.74, 6) is 1.33. The molecule has 0 spiro atoms. The number of hydrogen-bond donors (Lipinski definition) is 0.